The number of amides is 2. The van der Waals surface area contributed by atoms with Gasteiger partial charge in [-0.05, 0) is 76.2 Å². The molecule has 7 nitrogen and oxygen atoms in total. The average molecular weight is 569 g/mol. The molecule has 0 aliphatic heterocycles. The second-order valence-corrected chi connectivity index (χ2v) is 18.0. The highest BCUT2D eigenvalue weighted by Gasteiger charge is 2.52. The Kier molecular flexibility index (Phi) is 9.78. The van der Waals surface area contributed by atoms with Crippen LogP contribution in [-0.4, -0.2) is 49.9 Å². The molecule has 0 spiro atoms. The monoisotopic (exact) mass is 568 g/mol. The van der Waals surface area contributed by atoms with Crippen LogP contribution in [0.3, 0.4) is 0 Å². The maximum Gasteiger partial charge on any atom is 0.407 e. The molecule has 2 aromatic carbocycles. The first-order chi connectivity index (χ1) is 18.5. The zero-order valence-corrected chi connectivity index (χ0v) is 26.7. The number of hydrogen-bond acceptors (Lipinski definition) is 5. The maximum atomic E-state index is 12.9. The lowest BCUT2D eigenvalue weighted by Gasteiger charge is -2.47. The van der Waals surface area contributed by atoms with Crippen molar-refractivity contribution in [3.8, 4) is 0 Å². The van der Waals surface area contributed by atoms with Crippen molar-refractivity contribution in [3.05, 3.63) is 60.7 Å². The Hall–Kier alpha value is -2.84. The van der Waals surface area contributed by atoms with Crippen molar-refractivity contribution in [2.24, 2.45) is 0 Å². The van der Waals surface area contributed by atoms with Gasteiger partial charge in [-0.15, -0.1) is 0 Å². The van der Waals surface area contributed by atoms with Crippen molar-refractivity contribution in [1.82, 2.24) is 10.6 Å². The van der Waals surface area contributed by atoms with Gasteiger partial charge in [-0.1, -0.05) is 81.4 Å². The van der Waals surface area contributed by atoms with Gasteiger partial charge in [0.2, 0.25) is 0 Å². The minimum atomic E-state index is -2.79. The summed E-state index contributed by atoms with van der Waals surface area (Å²) >= 11 is 0. The molecule has 1 saturated carbocycles. The number of ether oxygens (including phenoxy) is 2. The molecular formula is C32H48N2O5Si. The van der Waals surface area contributed by atoms with Crippen LogP contribution in [0.1, 0.15) is 81.6 Å². The maximum absolute atomic E-state index is 12.9. The van der Waals surface area contributed by atoms with Crippen LogP contribution in [0.25, 0.3) is 0 Å². The largest absolute Gasteiger partial charge is 0.444 e. The summed E-state index contributed by atoms with van der Waals surface area (Å²) in [5, 5.41) is 8.27. The first-order valence-electron chi connectivity index (χ1n) is 14.3. The van der Waals surface area contributed by atoms with Gasteiger partial charge in [0.1, 0.15) is 11.2 Å². The first kappa shape index (κ1) is 31.7. The van der Waals surface area contributed by atoms with Gasteiger partial charge in [0.05, 0.1) is 12.1 Å². The van der Waals surface area contributed by atoms with Crippen LogP contribution in [-0.2, 0) is 13.9 Å². The SMILES string of the molecule is CC(C)(C)OC(=O)N[C@H]1CCC(O[Si](c2ccccc2)(c2ccccc2)C(C)(C)C)C[C@H]1NC(=O)OC(C)(C)C. The summed E-state index contributed by atoms with van der Waals surface area (Å²) in [7, 11) is -2.79. The van der Waals surface area contributed by atoms with E-state index in [4.69, 9.17) is 13.9 Å². The molecule has 3 rings (SSSR count). The van der Waals surface area contributed by atoms with Crippen LogP contribution in [0.2, 0.25) is 5.04 Å². The van der Waals surface area contributed by atoms with Crippen molar-refractivity contribution >= 4 is 30.9 Å². The Morgan fingerprint density at radius 3 is 1.50 bits per heavy atom. The quantitative estimate of drug-likeness (QED) is 0.424. The van der Waals surface area contributed by atoms with Crippen LogP contribution in [0.5, 0.6) is 0 Å². The van der Waals surface area contributed by atoms with Crippen LogP contribution in [0.15, 0.2) is 60.7 Å². The van der Waals surface area contributed by atoms with Gasteiger partial charge in [-0.2, -0.15) is 0 Å². The van der Waals surface area contributed by atoms with Crippen molar-refractivity contribution < 1.29 is 23.5 Å². The van der Waals surface area contributed by atoms with Crippen LogP contribution < -0.4 is 21.0 Å². The van der Waals surface area contributed by atoms with E-state index in [2.05, 4.69) is 79.9 Å². The Labute approximate surface area is 241 Å². The lowest BCUT2D eigenvalue weighted by atomic mass is 9.88. The van der Waals surface area contributed by atoms with Crippen molar-refractivity contribution in [3.63, 3.8) is 0 Å². The molecule has 0 bridgehead atoms. The van der Waals surface area contributed by atoms with E-state index in [1.807, 2.05) is 53.7 Å². The molecule has 3 atom stereocenters. The standard InChI is InChI=1S/C32H48N2O5Si/c1-30(2,3)37-28(35)33-26-21-20-23(22-27(26)34-29(36)38-31(4,5)6)39-40(32(7,8)9,24-16-12-10-13-17-24)25-18-14-11-15-19-25/h10-19,23,26-27H,20-22H2,1-9H3,(H,33,35)(H,34,36)/t23?,26-,27+/m0/s1. The van der Waals surface area contributed by atoms with E-state index in [9.17, 15) is 9.59 Å². The van der Waals surface area contributed by atoms with Gasteiger partial charge in [-0.3, -0.25) is 0 Å². The Bertz CT molecular complexity index is 1080. The summed E-state index contributed by atoms with van der Waals surface area (Å²) in [5.41, 5.74) is -1.26. The Morgan fingerprint density at radius 1 is 0.675 bits per heavy atom. The van der Waals surface area contributed by atoms with Gasteiger partial charge in [-0.25, -0.2) is 9.59 Å². The minimum Gasteiger partial charge on any atom is -0.444 e. The van der Waals surface area contributed by atoms with E-state index in [0.29, 0.717) is 12.8 Å². The lowest BCUT2D eigenvalue weighted by Crippen LogP contribution is -2.68. The molecule has 0 saturated heterocycles. The zero-order valence-electron chi connectivity index (χ0n) is 25.7. The second-order valence-electron chi connectivity index (χ2n) is 13.7. The van der Waals surface area contributed by atoms with Gasteiger partial charge in [0.15, 0.2) is 0 Å². The topological polar surface area (TPSA) is 85.9 Å². The smallest absolute Gasteiger partial charge is 0.407 e. The zero-order chi connectivity index (χ0) is 29.8. The number of rotatable bonds is 6. The molecule has 1 aliphatic carbocycles. The summed E-state index contributed by atoms with van der Waals surface area (Å²) in [4.78, 5) is 25.6. The highest BCUT2D eigenvalue weighted by molar-refractivity contribution is 6.99. The molecule has 8 heteroatoms. The summed E-state index contributed by atoms with van der Waals surface area (Å²) in [5.74, 6) is 0. The van der Waals surface area contributed by atoms with E-state index >= 15 is 0 Å². The number of carbonyl (C=O) groups is 2. The lowest BCUT2D eigenvalue weighted by molar-refractivity contribution is 0.0340. The van der Waals surface area contributed by atoms with Gasteiger partial charge < -0.3 is 24.5 Å². The highest BCUT2D eigenvalue weighted by Crippen LogP contribution is 2.39. The fraction of sp³-hybridized carbons (Fsp3) is 0.562. The summed E-state index contributed by atoms with van der Waals surface area (Å²) in [6.45, 7) is 17.8. The van der Waals surface area contributed by atoms with E-state index in [1.54, 1.807) is 0 Å². The predicted octanol–water partition coefficient (Wildman–Crippen LogP) is 5.90. The number of hydrogen-bond donors (Lipinski definition) is 2. The number of carbonyl (C=O) groups excluding carboxylic acids is 2. The molecule has 1 unspecified atom stereocenters. The molecule has 40 heavy (non-hydrogen) atoms. The predicted molar refractivity (Wildman–Crippen MR) is 163 cm³/mol. The van der Waals surface area contributed by atoms with E-state index in [0.717, 1.165) is 6.42 Å². The molecule has 2 amide bonds. The molecule has 1 aliphatic rings. The molecule has 2 N–H and O–H groups in total. The van der Waals surface area contributed by atoms with Gasteiger partial charge in [0.25, 0.3) is 8.32 Å². The van der Waals surface area contributed by atoms with Crippen LogP contribution in [0, 0.1) is 0 Å². The summed E-state index contributed by atoms with van der Waals surface area (Å²) in [6.07, 6.45) is 0.742. The van der Waals surface area contributed by atoms with Crippen LogP contribution in [0.4, 0.5) is 9.59 Å². The fourth-order valence-corrected chi connectivity index (χ4v) is 10.2. The van der Waals surface area contributed by atoms with Gasteiger partial charge >= 0.3 is 12.2 Å². The van der Waals surface area contributed by atoms with Crippen LogP contribution >= 0.6 is 0 Å². The Morgan fingerprint density at radius 2 is 1.10 bits per heavy atom. The van der Waals surface area contributed by atoms with Crippen molar-refractivity contribution in [1.29, 1.82) is 0 Å². The summed E-state index contributed by atoms with van der Waals surface area (Å²) < 4.78 is 18.5. The molecule has 220 valence electrons. The molecule has 0 aromatic heterocycles. The van der Waals surface area contributed by atoms with E-state index < -0.39 is 31.7 Å². The average Bonchev–Trinajstić information content (AvgIpc) is 2.82. The second kappa shape index (κ2) is 12.3. The third-order valence-electron chi connectivity index (χ3n) is 6.97. The fourth-order valence-electron chi connectivity index (χ4n) is 5.43. The van der Waals surface area contributed by atoms with Gasteiger partial charge in [0, 0.05) is 6.10 Å². The minimum absolute atomic E-state index is 0.136. The number of benzene rings is 2. The van der Waals surface area contributed by atoms with E-state index in [1.165, 1.54) is 10.4 Å². The molecule has 1 fully saturated rings. The van der Waals surface area contributed by atoms with E-state index in [-0.39, 0.29) is 23.2 Å². The molecular weight excluding hydrogens is 520 g/mol. The normalized spacial score (nSPS) is 20.4. The molecule has 0 heterocycles. The number of alkyl carbamates (subject to hydrolysis) is 2. The first-order valence-corrected chi connectivity index (χ1v) is 16.2. The van der Waals surface area contributed by atoms with Crippen molar-refractivity contribution in [2.45, 2.75) is 116 Å². The summed E-state index contributed by atoms with van der Waals surface area (Å²) in [6, 6.07) is 20.4. The Balaban J connectivity index is 1.94. The highest BCUT2D eigenvalue weighted by atomic mass is 28.4. The van der Waals surface area contributed by atoms with Crippen molar-refractivity contribution in [2.75, 3.05) is 0 Å². The molecule has 2 aromatic rings. The third-order valence-corrected chi connectivity index (χ3v) is 12.1. The third kappa shape index (κ3) is 8.33. The number of nitrogens with one attached hydrogen (secondary N) is 2. The molecule has 0 radical (unpaired) electrons.